The monoisotopic (exact) mass is 444 g/mol. The molecule has 154 valence electrons. The van der Waals surface area contributed by atoms with Crippen LogP contribution in [0.1, 0.15) is 17.4 Å². The third-order valence-corrected chi connectivity index (χ3v) is 7.15. The first-order chi connectivity index (χ1) is 14.4. The highest BCUT2D eigenvalue weighted by Gasteiger charge is 2.41. The lowest BCUT2D eigenvalue weighted by Crippen LogP contribution is -2.38. The summed E-state index contributed by atoms with van der Waals surface area (Å²) in [5.74, 6) is -0.767. The topological polar surface area (TPSA) is 96.7 Å². The molecule has 9 heteroatoms. The number of hydrogen-bond acceptors (Lipinski definition) is 5. The first-order valence-electron chi connectivity index (χ1n) is 9.08. The summed E-state index contributed by atoms with van der Waals surface area (Å²) >= 11 is 5.85. The zero-order valence-corrected chi connectivity index (χ0v) is 17.2. The molecule has 2 heterocycles. The van der Waals surface area contributed by atoms with E-state index in [4.69, 9.17) is 16.0 Å². The van der Waals surface area contributed by atoms with Crippen molar-refractivity contribution in [2.45, 2.75) is 16.6 Å². The number of benzene rings is 2. The number of para-hydroxylation sites is 1. The molecule has 0 aliphatic carbocycles. The van der Waals surface area contributed by atoms with Gasteiger partial charge in [0.05, 0.1) is 23.3 Å². The standard InChI is InChI=1S/C21H17ClN2O5S/c22-14-7-9-15(10-8-14)23-20(25)13-24-16-4-1-2-6-18(16)30(27,28)19(12-21(24)26)17-5-3-11-29-17/h1-11,19H,12-13H2,(H,23,25). The van der Waals surface area contributed by atoms with Crippen molar-refractivity contribution in [2.24, 2.45) is 0 Å². The molecule has 0 bridgehead atoms. The number of hydrogen-bond donors (Lipinski definition) is 1. The summed E-state index contributed by atoms with van der Waals surface area (Å²) < 4.78 is 31.8. The molecule has 0 radical (unpaired) electrons. The van der Waals surface area contributed by atoms with Crippen molar-refractivity contribution in [3.8, 4) is 0 Å². The molecule has 0 fully saturated rings. The number of amides is 2. The van der Waals surface area contributed by atoms with Crippen LogP contribution < -0.4 is 10.2 Å². The second-order valence-corrected chi connectivity index (χ2v) is 9.29. The lowest BCUT2D eigenvalue weighted by atomic mass is 10.2. The van der Waals surface area contributed by atoms with Crippen LogP contribution in [0.4, 0.5) is 11.4 Å². The maximum absolute atomic E-state index is 13.3. The van der Waals surface area contributed by atoms with E-state index >= 15 is 0 Å². The molecule has 0 saturated carbocycles. The van der Waals surface area contributed by atoms with Gasteiger partial charge < -0.3 is 14.6 Å². The van der Waals surface area contributed by atoms with Gasteiger partial charge in [0.15, 0.2) is 9.84 Å². The van der Waals surface area contributed by atoms with Crippen molar-refractivity contribution in [3.05, 3.63) is 77.7 Å². The first-order valence-corrected chi connectivity index (χ1v) is 11.0. The maximum atomic E-state index is 13.3. The van der Waals surface area contributed by atoms with E-state index in [9.17, 15) is 18.0 Å². The number of furan rings is 1. The summed E-state index contributed by atoms with van der Waals surface area (Å²) in [6.45, 7) is -0.334. The van der Waals surface area contributed by atoms with Gasteiger partial charge in [-0.1, -0.05) is 23.7 Å². The van der Waals surface area contributed by atoms with Gasteiger partial charge in [0, 0.05) is 10.7 Å². The van der Waals surface area contributed by atoms with Gasteiger partial charge in [-0.3, -0.25) is 9.59 Å². The fourth-order valence-corrected chi connectivity index (χ4v) is 5.34. The van der Waals surface area contributed by atoms with E-state index in [0.29, 0.717) is 10.7 Å². The molecule has 0 saturated heterocycles. The van der Waals surface area contributed by atoms with E-state index in [0.717, 1.165) is 0 Å². The van der Waals surface area contributed by atoms with Gasteiger partial charge in [-0.2, -0.15) is 0 Å². The lowest BCUT2D eigenvalue weighted by Gasteiger charge is -2.21. The zero-order chi connectivity index (χ0) is 21.3. The maximum Gasteiger partial charge on any atom is 0.244 e. The Morgan fingerprint density at radius 2 is 1.83 bits per heavy atom. The Morgan fingerprint density at radius 1 is 1.10 bits per heavy atom. The Hall–Kier alpha value is -3.10. The Bertz CT molecular complexity index is 1190. The Kier molecular flexibility index (Phi) is 5.36. The molecule has 2 aromatic carbocycles. The number of anilines is 2. The van der Waals surface area contributed by atoms with Crippen LogP contribution in [0, 0.1) is 0 Å². The number of halogens is 1. The molecule has 4 rings (SSSR count). The van der Waals surface area contributed by atoms with Crippen molar-refractivity contribution in [1.29, 1.82) is 0 Å². The molecule has 1 aliphatic heterocycles. The van der Waals surface area contributed by atoms with Crippen LogP contribution in [0.3, 0.4) is 0 Å². The average Bonchev–Trinajstić information content (AvgIpc) is 3.23. The van der Waals surface area contributed by atoms with Crippen LogP contribution in [-0.4, -0.2) is 26.8 Å². The normalized spacial score (nSPS) is 17.8. The second kappa shape index (κ2) is 7.97. The van der Waals surface area contributed by atoms with E-state index in [1.807, 2.05) is 0 Å². The van der Waals surface area contributed by atoms with Crippen molar-refractivity contribution in [1.82, 2.24) is 0 Å². The van der Waals surface area contributed by atoms with Crippen molar-refractivity contribution in [3.63, 3.8) is 0 Å². The van der Waals surface area contributed by atoms with Gasteiger partial charge in [-0.25, -0.2) is 8.42 Å². The molecule has 1 aliphatic rings. The molecule has 2 amide bonds. The summed E-state index contributed by atoms with van der Waals surface area (Å²) in [6, 6.07) is 15.8. The van der Waals surface area contributed by atoms with Crippen LogP contribution >= 0.6 is 11.6 Å². The largest absolute Gasteiger partial charge is 0.468 e. The third kappa shape index (κ3) is 3.83. The summed E-state index contributed by atoms with van der Waals surface area (Å²) in [7, 11) is -3.91. The molecule has 30 heavy (non-hydrogen) atoms. The van der Waals surface area contributed by atoms with Crippen LogP contribution in [0.25, 0.3) is 0 Å². The van der Waals surface area contributed by atoms with Crippen molar-refractivity contribution in [2.75, 3.05) is 16.8 Å². The second-order valence-electron chi connectivity index (χ2n) is 6.76. The predicted molar refractivity (Wildman–Crippen MR) is 112 cm³/mol. The van der Waals surface area contributed by atoms with Gasteiger partial charge >= 0.3 is 0 Å². The SMILES string of the molecule is O=C(CN1C(=O)CC(c2ccco2)S(=O)(=O)c2ccccc21)Nc1ccc(Cl)cc1. The molecule has 1 atom stereocenters. The van der Waals surface area contributed by atoms with Gasteiger partial charge in [0.25, 0.3) is 0 Å². The van der Waals surface area contributed by atoms with Gasteiger partial charge in [-0.05, 0) is 48.5 Å². The predicted octanol–water partition coefficient (Wildman–Crippen LogP) is 3.82. The number of fused-ring (bicyclic) bond motifs is 1. The van der Waals surface area contributed by atoms with E-state index < -0.39 is 26.9 Å². The smallest absolute Gasteiger partial charge is 0.244 e. The van der Waals surface area contributed by atoms with Crippen LogP contribution in [0.15, 0.2) is 76.2 Å². The highest BCUT2D eigenvalue weighted by molar-refractivity contribution is 7.91. The summed E-state index contributed by atoms with van der Waals surface area (Å²) in [5, 5.41) is 2.05. The van der Waals surface area contributed by atoms with Gasteiger partial charge in [-0.15, -0.1) is 0 Å². The van der Waals surface area contributed by atoms with Gasteiger partial charge in [0.2, 0.25) is 11.8 Å². The Labute approximate surface area is 178 Å². The van der Waals surface area contributed by atoms with E-state index in [1.165, 1.54) is 29.4 Å². The molecule has 1 aromatic heterocycles. The number of rotatable bonds is 4. The Balaban J connectivity index is 1.67. The van der Waals surface area contributed by atoms with Crippen molar-refractivity contribution >= 4 is 44.6 Å². The summed E-state index contributed by atoms with van der Waals surface area (Å²) in [6.07, 6.45) is 1.03. The number of carbonyl (C=O) groups excluding carboxylic acids is 2. The summed E-state index contributed by atoms with van der Waals surface area (Å²) in [4.78, 5) is 26.8. The molecular weight excluding hydrogens is 428 g/mol. The highest BCUT2D eigenvalue weighted by Crippen LogP contribution is 2.40. The minimum Gasteiger partial charge on any atom is -0.468 e. The molecule has 7 nitrogen and oxygen atoms in total. The molecule has 1 unspecified atom stereocenters. The van der Waals surface area contributed by atoms with E-state index in [1.54, 1.807) is 42.5 Å². The fourth-order valence-electron chi connectivity index (χ4n) is 3.37. The van der Waals surface area contributed by atoms with Gasteiger partial charge in [0.1, 0.15) is 17.6 Å². The highest BCUT2D eigenvalue weighted by atomic mass is 35.5. The van der Waals surface area contributed by atoms with Crippen LogP contribution in [0.2, 0.25) is 5.02 Å². The fraction of sp³-hybridized carbons (Fsp3) is 0.143. The minimum atomic E-state index is -3.91. The number of sulfone groups is 1. The molecular formula is C21H17ClN2O5S. The minimum absolute atomic E-state index is 0.0171. The third-order valence-electron chi connectivity index (χ3n) is 4.79. The van der Waals surface area contributed by atoms with E-state index in [2.05, 4.69) is 5.32 Å². The molecule has 0 spiro atoms. The van der Waals surface area contributed by atoms with Crippen molar-refractivity contribution < 1.29 is 22.4 Å². The number of carbonyl (C=O) groups is 2. The summed E-state index contributed by atoms with van der Waals surface area (Å²) in [5.41, 5.74) is 0.684. The number of nitrogens with zero attached hydrogens (tertiary/aromatic N) is 1. The number of nitrogens with one attached hydrogen (secondary N) is 1. The molecule has 3 aromatic rings. The lowest BCUT2D eigenvalue weighted by molar-refractivity contribution is -0.121. The first kappa shape index (κ1) is 20.2. The van der Waals surface area contributed by atoms with Crippen LogP contribution in [-0.2, 0) is 19.4 Å². The van der Waals surface area contributed by atoms with E-state index in [-0.39, 0.29) is 29.3 Å². The Morgan fingerprint density at radius 3 is 2.53 bits per heavy atom. The quantitative estimate of drug-likeness (QED) is 0.659. The molecule has 1 N–H and O–H groups in total. The van der Waals surface area contributed by atoms with Crippen LogP contribution in [0.5, 0.6) is 0 Å². The zero-order valence-electron chi connectivity index (χ0n) is 15.6. The average molecular weight is 445 g/mol.